The molecule has 3 N–H and O–H groups in total. The van der Waals surface area contributed by atoms with E-state index in [0.29, 0.717) is 52.7 Å². The van der Waals surface area contributed by atoms with E-state index in [2.05, 4.69) is 11.1 Å². The number of ether oxygens (including phenoxy) is 1. The molecule has 26 heavy (non-hydrogen) atoms. The van der Waals surface area contributed by atoms with Gasteiger partial charge in [0.25, 0.3) is 0 Å². The predicted molar refractivity (Wildman–Crippen MR) is 98.4 cm³/mol. The lowest BCUT2D eigenvalue weighted by Gasteiger charge is -2.19. The van der Waals surface area contributed by atoms with Gasteiger partial charge in [-0.05, 0) is 31.4 Å². The van der Waals surface area contributed by atoms with E-state index in [0.717, 1.165) is 0 Å². The van der Waals surface area contributed by atoms with Crippen molar-refractivity contribution in [3.05, 3.63) is 40.4 Å². The molecule has 0 unspecified atom stereocenters. The molecule has 1 aliphatic rings. The number of carbonyl (C=O) groups excluding carboxylic acids is 1. The van der Waals surface area contributed by atoms with Gasteiger partial charge >= 0.3 is 5.97 Å². The summed E-state index contributed by atoms with van der Waals surface area (Å²) in [6, 6.07) is 2.18. The molecule has 0 fully saturated rings. The number of carbonyl (C=O) groups is 1. The third-order valence-electron chi connectivity index (χ3n) is 4.72. The Hall–Kier alpha value is -3.27. The lowest BCUT2D eigenvalue weighted by atomic mass is 9.88. The van der Waals surface area contributed by atoms with Crippen molar-refractivity contribution in [2.24, 2.45) is 0 Å². The molecular formula is C19H20N4O3. The fourth-order valence-corrected chi connectivity index (χ4v) is 3.33. The second-order valence-corrected chi connectivity index (χ2v) is 6.11. The molecule has 134 valence electrons. The smallest absolute Gasteiger partial charge is 0.358 e. The van der Waals surface area contributed by atoms with Crippen molar-refractivity contribution < 1.29 is 14.6 Å². The Morgan fingerprint density at radius 2 is 2.27 bits per heavy atom. The summed E-state index contributed by atoms with van der Waals surface area (Å²) in [5.74, 6) is -0.366. The van der Waals surface area contributed by atoms with Gasteiger partial charge in [0.15, 0.2) is 5.69 Å². The van der Waals surface area contributed by atoms with E-state index in [1.165, 1.54) is 7.11 Å². The van der Waals surface area contributed by atoms with Gasteiger partial charge in [0.1, 0.15) is 11.7 Å². The molecule has 0 saturated heterocycles. The van der Waals surface area contributed by atoms with E-state index < -0.39 is 5.97 Å². The van der Waals surface area contributed by atoms with Crippen molar-refractivity contribution >= 4 is 28.3 Å². The monoisotopic (exact) mass is 352 g/mol. The third kappa shape index (κ3) is 2.51. The first-order valence-corrected chi connectivity index (χ1v) is 8.34. The topological polar surface area (TPSA) is 114 Å². The van der Waals surface area contributed by atoms with Gasteiger partial charge in [0, 0.05) is 30.1 Å². The number of hydrogen-bond acceptors (Lipinski definition) is 6. The second kappa shape index (κ2) is 6.56. The van der Waals surface area contributed by atoms with Gasteiger partial charge < -0.3 is 20.1 Å². The predicted octanol–water partition coefficient (Wildman–Crippen LogP) is 3.31. The van der Waals surface area contributed by atoms with Crippen LogP contribution in [0.25, 0.3) is 16.6 Å². The van der Waals surface area contributed by atoms with Crippen LogP contribution in [0.4, 0.5) is 5.69 Å². The zero-order chi connectivity index (χ0) is 19.0. The van der Waals surface area contributed by atoms with Gasteiger partial charge in [-0.1, -0.05) is 6.08 Å². The van der Waals surface area contributed by atoms with Crippen LogP contribution >= 0.6 is 0 Å². The lowest BCUT2D eigenvalue weighted by Crippen LogP contribution is -2.13. The standard InChI is InChI=1S/C19H20N4O3/c1-4-23-9-11(8-20)14-15(12-6-5-7-13(24)10(12)2)16(21)17(19(25)26-3)22-18(14)23/h6,9,24H,4-5,7,21H2,1-3H3. The lowest BCUT2D eigenvalue weighted by molar-refractivity contribution is 0.0595. The van der Waals surface area contributed by atoms with Gasteiger partial charge in [0.05, 0.1) is 24.1 Å². The molecule has 0 aromatic carbocycles. The number of allylic oxidation sites excluding steroid dienone is 4. The normalized spacial score (nSPS) is 14.3. The maximum Gasteiger partial charge on any atom is 0.358 e. The Kier molecular flexibility index (Phi) is 4.43. The number of nitrogens with zero attached hydrogens (tertiary/aromatic N) is 3. The zero-order valence-corrected chi connectivity index (χ0v) is 15.0. The molecule has 0 bridgehead atoms. The van der Waals surface area contributed by atoms with E-state index >= 15 is 0 Å². The SMILES string of the molecule is CCn1cc(C#N)c2c(C3=CCCC(O)=C3C)c(N)c(C(=O)OC)nc21. The van der Waals surface area contributed by atoms with Crippen LogP contribution in [0.15, 0.2) is 23.6 Å². The van der Waals surface area contributed by atoms with Crippen LogP contribution in [0.2, 0.25) is 0 Å². The number of nitrogen functional groups attached to an aromatic ring is 1. The summed E-state index contributed by atoms with van der Waals surface area (Å²) in [4.78, 5) is 16.6. The number of hydrogen-bond donors (Lipinski definition) is 2. The molecule has 0 aliphatic heterocycles. The fraction of sp³-hybridized carbons (Fsp3) is 0.316. The average Bonchev–Trinajstić information content (AvgIpc) is 3.01. The number of pyridine rings is 1. The second-order valence-electron chi connectivity index (χ2n) is 6.11. The summed E-state index contributed by atoms with van der Waals surface area (Å²) in [5, 5.41) is 20.4. The Balaban J connectivity index is 2.49. The molecule has 0 spiro atoms. The number of aryl methyl sites for hydroxylation is 1. The summed E-state index contributed by atoms with van der Waals surface area (Å²) in [7, 11) is 1.27. The van der Waals surface area contributed by atoms with E-state index in [4.69, 9.17) is 10.5 Å². The number of esters is 1. The van der Waals surface area contributed by atoms with Gasteiger partial charge in [-0.15, -0.1) is 0 Å². The Labute approximate surface area is 151 Å². The maximum absolute atomic E-state index is 12.2. The maximum atomic E-state index is 12.2. The number of nitriles is 1. The number of rotatable bonds is 3. The highest BCUT2D eigenvalue weighted by Gasteiger charge is 2.27. The average molecular weight is 352 g/mol. The number of anilines is 1. The number of nitrogens with two attached hydrogens (primary N) is 1. The highest BCUT2D eigenvalue weighted by molar-refractivity contribution is 6.08. The summed E-state index contributed by atoms with van der Waals surface area (Å²) < 4.78 is 6.62. The third-order valence-corrected chi connectivity index (χ3v) is 4.72. The van der Waals surface area contributed by atoms with Crippen LogP contribution in [0.1, 0.15) is 48.3 Å². The first kappa shape index (κ1) is 17.5. The molecule has 0 atom stereocenters. The molecule has 7 nitrogen and oxygen atoms in total. The van der Waals surface area contributed by atoms with Gasteiger partial charge in [-0.2, -0.15) is 5.26 Å². The highest BCUT2D eigenvalue weighted by Crippen LogP contribution is 2.40. The summed E-state index contributed by atoms with van der Waals surface area (Å²) >= 11 is 0. The van der Waals surface area contributed by atoms with Crippen LogP contribution in [0.3, 0.4) is 0 Å². The van der Waals surface area contributed by atoms with Crippen molar-refractivity contribution in [2.45, 2.75) is 33.2 Å². The number of aliphatic hydroxyl groups is 1. The quantitative estimate of drug-likeness (QED) is 0.819. The molecule has 0 radical (unpaired) electrons. The van der Waals surface area contributed by atoms with Crippen LogP contribution in [-0.4, -0.2) is 27.7 Å². The van der Waals surface area contributed by atoms with Gasteiger partial charge in [0.2, 0.25) is 0 Å². The van der Waals surface area contributed by atoms with E-state index in [1.807, 2.05) is 13.0 Å². The van der Waals surface area contributed by atoms with E-state index in [9.17, 15) is 15.2 Å². The van der Waals surface area contributed by atoms with Crippen LogP contribution in [0, 0.1) is 11.3 Å². The van der Waals surface area contributed by atoms with Crippen molar-refractivity contribution in [1.29, 1.82) is 5.26 Å². The van der Waals surface area contributed by atoms with E-state index in [-0.39, 0.29) is 17.1 Å². The molecule has 2 heterocycles. The molecule has 2 aromatic heterocycles. The van der Waals surface area contributed by atoms with Crippen LogP contribution in [-0.2, 0) is 11.3 Å². The Bertz CT molecular complexity index is 1020. The Morgan fingerprint density at radius 3 is 2.88 bits per heavy atom. The minimum absolute atomic E-state index is 0.00560. The van der Waals surface area contributed by atoms with Gasteiger partial charge in [-0.25, -0.2) is 9.78 Å². The van der Waals surface area contributed by atoms with E-state index in [1.54, 1.807) is 17.7 Å². The van der Waals surface area contributed by atoms with Crippen molar-refractivity contribution in [3.63, 3.8) is 0 Å². The van der Waals surface area contributed by atoms with Crippen LogP contribution in [0.5, 0.6) is 0 Å². The molecule has 1 aliphatic carbocycles. The number of methoxy groups -OCH3 is 1. The summed E-state index contributed by atoms with van der Waals surface area (Å²) in [5.41, 5.74) is 9.32. The largest absolute Gasteiger partial charge is 0.512 e. The van der Waals surface area contributed by atoms with Crippen molar-refractivity contribution in [1.82, 2.24) is 9.55 Å². The molecule has 0 saturated carbocycles. The molecular weight excluding hydrogens is 332 g/mol. The first-order chi connectivity index (χ1) is 12.4. The Morgan fingerprint density at radius 1 is 1.54 bits per heavy atom. The minimum atomic E-state index is -0.643. The molecule has 7 heteroatoms. The molecule has 2 aromatic rings. The number of fused-ring (bicyclic) bond motifs is 1. The first-order valence-electron chi connectivity index (χ1n) is 8.34. The molecule has 0 amide bonds. The fourth-order valence-electron chi connectivity index (χ4n) is 3.33. The zero-order valence-electron chi connectivity index (χ0n) is 15.0. The van der Waals surface area contributed by atoms with Crippen molar-refractivity contribution in [2.75, 3.05) is 12.8 Å². The number of aromatic nitrogens is 2. The summed E-state index contributed by atoms with van der Waals surface area (Å²) in [6.07, 6.45) is 4.86. The number of aliphatic hydroxyl groups excluding tert-OH is 1. The summed E-state index contributed by atoms with van der Waals surface area (Å²) in [6.45, 7) is 4.30. The van der Waals surface area contributed by atoms with Crippen LogP contribution < -0.4 is 5.73 Å². The van der Waals surface area contributed by atoms with Gasteiger partial charge in [-0.3, -0.25) is 0 Å². The minimum Gasteiger partial charge on any atom is -0.512 e. The highest BCUT2D eigenvalue weighted by atomic mass is 16.5. The van der Waals surface area contributed by atoms with Crippen molar-refractivity contribution in [3.8, 4) is 6.07 Å². The molecule has 3 rings (SSSR count).